The van der Waals surface area contributed by atoms with Crippen LogP contribution in [0.15, 0.2) is 18.2 Å². The van der Waals surface area contributed by atoms with E-state index >= 15 is 4.79 Å². The molecule has 0 saturated carbocycles. The second-order valence-electron chi connectivity index (χ2n) is 20.3. The minimum atomic E-state index is -1.44. The van der Waals surface area contributed by atoms with Crippen LogP contribution in [0.25, 0.3) is 0 Å². The Bertz CT molecular complexity index is 2690. The zero-order valence-electron chi connectivity index (χ0n) is 43.6. The van der Waals surface area contributed by atoms with E-state index in [2.05, 4.69) is 41.1 Å². The van der Waals surface area contributed by atoms with Crippen molar-refractivity contribution in [2.75, 3.05) is 47.0 Å². The number of likely N-dealkylation sites (N-methyl/N-ethyl adjacent to an activating group) is 1. The Morgan fingerprint density at radius 1 is 0.822 bits per heavy atom. The van der Waals surface area contributed by atoms with Crippen molar-refractivity contribution >= 4 is 35.6 Å². The first kappa shape index (κ1) is 52.3. The van der Waals surface area contributed by atoms with Crippen LogP contribution in [0, 0.1) is 25.2 Å². The molecular formula is C56H70N4O12S. The van der Waals surface area contributed by atoms with Crippen molar-refractivity contribution in [2.45, 2.75) is 166 Å². The highest BCUT2D eigenvalue weighted by Gasteiger charge is 2.62. The van der Waals surface area contributed by atoms with Crippen molar-refractivity contribution in [3.05, 3.63) is 62.7 Å². The maximum absolute atomic E-state index is 15.3. The molecule has 16 nitrogen and oxygen atoms in total. The van der Waals surface area contributed by atoms with Crippen molar-refractivity contribution in [1.29, 1.82) is 5.26 Å². The largest absolute Gasteiger partial charge is 0.493 e. The molecule has 7 heterocycles. The molecule has 7 aliphatic rings. The van der Waals surface area contributed by atoms with Crippen molar-refractivity contribution in [3.8, 4) is 46.3 Å². The number of carbonyl (C=O) groups excluding carboxylic acids is 4. The molecule has 10 rings (SSSR count). The number of piperazine rings is 1. The van der Waals surface area contributed by atoms with Crippen LogP contribution in [-0.4, -0.2) is 98.8 Å². The third-order valence-corrected chi connectivity index (χ3v) is 17.3. The van der Waals surface area contributed by atoms with Gasteiger partial charge in [-0.1, -0.05) is 71.3 Å². The number of thioether (sulfide) groups is 1. The summed E-state index contributed by atoms with van der Waals surface area (Å²) >= 11 is 1.49. The van der Waals surface area contributed by atoms with E-state index in [9.17, 15) is 19.6 Å². The highest BCUT2D eigenvalue weighted by molar-refractivity contribution is 7.99. The lowest BCUT2D eigenvalue weighted by atomic mass is 9.71. The van der Waals surface area contributed by atoms with Crippen LogP contribution in [0.3, 0.4) is 0 Å². The molecular weight excluding hydrogens is 953 g/mol. The molecule has 0 radical (unpaired) electrons. The number of nitrogens with zero attached hydrogens (tertiary/aromatic N) is 3. The van der Waals surface area contributed by atoms with Crippen LogP contribution in [-0.2, 0) is 42.3 Å². The molecule has 17 heteroatoms. The van der Waals surface area contributed by atoms with Crippen LogP contribution in [0.2, 0.25) is 0 Å². The maximum atomic E-state index is 15.3. The first-order valence-corrected chi connectivity index (χ1v) is 27.3. The zero-order chi connectivity index (χ0) is 51.7. The molecule has 1 N–H and O–H groups in total. The van der Waals surface area contributed by atoms with E-state index < -0.39 is 46.9 Å². The molecule has 7 aliphatic heterocycles. The lowest BCUT2D eigenvalue weighted by molar-refractivity contribution is -0.157. The van der Waals surface area contributed by atoms with Gasteiger partial charge in [0.05, 0.1) is 37.6 Å². The van der Waals surface area contributed by atoms with Gasteiger partial charge in [0.1, 0.15) is 18.4 Å². The lowest BCUT2D eigenvalue weighted by Gasteiger charge is -2.62. The van der Waals surface area contributed by atoms with Crippen molar-refractivity contribution in [3.63, 3.8) is 0 Å². The van der Waals surface area contributed by atoms with Gasteiger partial charge in [0.15, 0.2) is 40.0 Å². The number of benzene rings is 3. The third kappa shape index (κ3) is 9.50. The van der Waals surface area contributed by atoms with Gasteiger partial charge in [-0.15, -0.1) is 11.8 Å². The fourth-order valence-corrected chi connectivity index (χ4v) is 14.1. The van der Waals surface area contributed by atoms with Gasteiger partial charge < -0.3 is 37.9 Å². The molecule has 7 atom stereocenters. The Labute approximate surface area is 433 Å². The van der Waals surface area contributed by atoms with Crippen LogP contribution >= 0.6 is 11.8 Å². The fraction of sp³-hybridized carbons (Fsp3) is 0.589. The van der Waals surface area contributed by atoms with Gasteiger partial charge in [0, 0.05) is 66.4 Å². The van der Waals surface area contributed by atoms with Crippen LogP contribution in [0.5, 0.6) is 40.2 Å². The fourth-order valence-electron chi connectivity index (χ4n) is 12.4. The van der Waals surface area contributed by atoms with Crippen molar-refractivity contribution in [2.24, 2.45) is 0 Å². The highest BCUT2D eigenvalue weighted by Crippen LogP contribution is 2.65. The lowest BCUT2D eigenvalue weighted by Crippen LogP contribution is -2.69. The number of unbranched alkanes of at least 4 members (excludes halogenated alkanes) is 8. The summed E-state index contributed by atoms with van der Waals surface area (Å²) in [6, 6.07) is 5.35. The van der Waals surface area contributed by atoms with Crippen LogP contribution in [0.4, 0.5) is 0 Å². The number of nitriles is 1. The number of nitrogens with one attached hydrogen (secondary N) is 1. The number of ether oxygens (including phenoxy) is 8. The minimum absolute atomic E-state index is 0.0860. The molecule has 0 aliphatic carbocycles. The number of aryl methyl sites for hydroxylation is 1. The number of rotatable bonds is 17. The summed E-state index contributed by atoms with van der Waals surface area (Å²) in [4.78, 5) is 60.2. The molecule has 0 amide bonds. The summed E-state index contributed by atoms with van der Waals surface area (Å²) in [5.74, 6) is 0.930. The number of hydrogen-bond donors (Lipinski definition) is 1. The molecule has 1 spiro atoms. The van der Waals surface area contributed by atoms with Gasteiger partial charge in [0.25, 0.3) is 0 Å². The Kier molecular flexibility index (Phi) is 15.9. The number of hydrogen-bond acceptors (Lipinski definition) is 17. The van der Waals surface area contributed by atoms with Crippen LogP contribution in [0.1, 0.15) is 160 Å². The van der Waals surface area contributed by atoms with Gasteiger partial charge in [-0.25, -0.2) is 4.79 Å². The van der Waals surface area contributed by atoms with Gasteiger partial charge in [-0.3, -0.25) is 29.5 Å². The minimum Gasteiger partial charge on any atom is -0.493 e. The Hall–Kier alpha value is -5.54. The molecule has 4 bridgehead atoms. The van der Waals surface area contributed by atoms with E-state index in [1.165, 1.54) is 25.8 Å². The average Bonchev–Trinajstić information content (AvgIpc) is 3.86. The highest BCUT2D eigenvalue weighted by atomic mass is 32.2. The SMILES string of the molecule is CCCCCCCC(=O)Oc1cc2c(cc1OC)[C@@]1(CS[C@@H]3c4c(OC(C)=O)c(C)c5c(c4[C@@H](COC1=O)N1C3[C@H]3c4c(cc(C)c(OC)c4OC(=O)CCCCCCC)C[C@H]([C@@H]1C#N)N3C)OCO5)NCC2. The molecule has 2 saturated heterocycles. The van der Waals surface area contributed by atoms with Gasteiger partial charge in [-0.05, 0) is 81.0 Å². The van der Waals surface area contributed by atoms with Crippen LogP contribution < -0.4 is 38.5 Å². The van der Waals surface area contributed by atoms with Gasteiger partial charge in [0.2, 0.25) is 6.79 Å². The van der Waals surface area contributed by atoms with E-state index in [4.69, 9.17) is 37.9 Å². The summed E-state index contributed by atoms with van der Waals surface area (Å²) in [5, 5.41) is 14.4. The van der Waals surface area contributed by atoms with E-state index in [1.54, 1.807) is 13.2 Å². The number of methoxy groups -OCH3 is 2. The maximum Gasteiger partial charge on any atom is 0.331 e. The summed E-state index contributed by atoms with van der Waals surface area (Å²) in [6.07, 6.45) is 11.3. The smallest absolute Gasteiger partial charge is 0.331 e. The number of esters is 4. The predicted molar refractivity (Wildman–Crippen MR) is 273 cm³/mol. The molecule has 3 aromatic carbocycles. The van der Waals surface area contributed by atoms with Crippen molar-refractivity contribution in [1.82, 2.24) is 15.1 Å². The molecule has 2 fully saturated rings. The Morgan fingerprint density at radius 3 is 2.19 bits per heavy atom. The normalized spacial score (nSPS) is 24.6. The third-order valence-electron chi connectivity index (χ3n) is 15.8. The molecule has 73 heavy (non-hydrogen) atoms. The average molecular weight is 1020 g/mol. The Balaban J connectivity index is 1.20. The summed E-state index contributed by atoms with van der Waals surface area (Å²) < 4.78 is 49.9. The topological polar surface area (TPSA) is 184 Å². The van der Waals surface area contributed by atoms with E-state index in [-0.39, 0.29) is 55.7 Å². The van der Waals surface area contributed by atoms with E-state index in [0.717, 1.165) is 80.0 Å². The van der Waals surface area contributed by atoms with E-state index in [1.807, 2.05) is 27.0 Å². The predicted octanol–water partition coefficient (Wildman–Crippen LogP) is 9.11. The first-order chi connectivity index (χ1) is 35.3. The molecule has 3 aromatic rings. The Morgan fingerprint density at radius 2 is 1.52 bits per heavy atom. The summed E-state index contributed by atoms with van der Waals surface area (Å²) in [7, 11) is 5.11. The van der Waals surface area contributed by atoms with Gasteiger partial charge in [-0.2, -0.15) is 5.26 Å². The molecule has 0 aromatic heterocycles. The number of fused-ring (bicyclic) bond motifs is 9. The standard InChI is InChI=1S/C56H70N4O12S/c1-9-11-13-15-17-19-42(62)71-41-25-34-21-22-58-56(36(34)26-40(41)65-7)29-73-54-46-45(52-51(68-30-69-52)32(4)50(46)70-33(5)61)39(28-67-55(56)64)60-38(27-57)37-24-35-23-31(3)49(66-8)53(44(35)47(48(54)60)59(37)6)72-43(63)20-18-16-14-12-10-2/h23,25-26,37-39,47-48,54,58H,9-22,24,28-30H2,1-8H3/t37-,38+,39-,47-,48?,54-,56-/m1/s1. The zero-order valence-corrected chi connectivity index (χ0v) is 44.4. The summed E-state index contributed by atoms with van der Waals surface area (Å²) in [5.41, 5.74) is 4.40. The monoisotopic (exact) mass is 1020 g/mol. The second-order valence-corrected chi connectivity index (χ2v) is 21.5. The number of carbonyl (C=O) groups is 4. The van der Waals surface area contributed by atoms with Crippen molar-refractivity contribution < 1.29 is 57.1 Å². The first-order valence-electron chi connectivity index (χ1n) is 26.2. The van der Waals surface area contributed by atoms with Gasteiger partial charge >= 0.3 is 23.9 Å². The molecule has 392 valence electrons. The summed E-state index contributed by atoms with van der Waals surface area (Å²) in [6.45, 7) is 9.56. The molecule has 1 unspecified atom stereocenters. The quantitative estimate of drug-likeness (QED) is 0.0766. The second kappa shape index (κ2) is 22.1. The van der Waals surface area contributed by atoms with E-state index in [0.29, 0.717) is 82.6 Å².